The SMILES string of the molecule is [C-]#[N+]c1c(N(CC)c2ccccc2[N+](=O)[O-])sc(C(=C2C=CC(=[N+](C)c3ccccc3)C=C2)c2ccc(N(C)c3ccccc3)cc2)c1-c1ccccc1. The molecule has 7 nitrogen and oxygen atoms in total. The predicted octanol–water partition coefficient (Wildman–Crippen LogP) is 12.1. The Hall–Kier alpha value is -6.82. The molecule has 1 aromatic heterocycles. The van der Waals surface area contributed by atoms with Gasteiger partial charge in [-0.3, -0.25) is 10.1 Å². The van der Waals surface area contributed by atoms with Crippen LogP contribution in [0.25, 0.3) is 21.5 Å². The van der Waals surface area contributed by atoms with E-state index in [9.17, 15) is 10.1 Å². The molecule has 1 aliphatic rings. The molecule has 5 aromatic carbocycles. The Bertz CT molecular complexity index is 2460. The molecular weight excluding hydrogens is 687 g/mol. The summed E-state index contributed by atoms with van der Waals surface area (Å²) in [5, 5.41) is 12.9. The smallest absolute Gasteiger partial charge is 0.292 e. The van der Waals surface area contributed by atoms with Crippen molar-refractivity contribution in [3.05, 3.63) is 201 Å². The molecule has 0 fully saturated rings. The third-order valence-electron chi connectivity index (χ3n) is 9.57. The third kappa shape index (κ3) is 7.01. The van der Waals surface area contributed by atoms with Crippen molar-refractivity contribution in [1.82, 2.24) is 0 Å². The van der Waals surface area contributed by atoms with Crippen molar-refractivity contribution in [2.45, 2.75) is 6.92 Å². The first-order valence-electron chi connectivity index (χ1n) is 17.7. The van der Waals surface area contributed by atoms with E-state index < -0.39 is 0 Å². The highest BCUT2D eigenvalue weighted by Gasteiger charge is 2.30. The normalized spacial score (nSPS) is 12.0. The molecule has 1 aliphatic carbocycles. The highest BCUT2D eigenvalue weighted by molar-refractivity contribution is 7.18. The Kier molecular flexibility index (Phi) is 10.4. The van der Waals surface area contributed by atoms with Crippen LogP contribution in [0.1, 0.15) is 17.4 Å². The maximum absolute atomic E-state index is 12.2. The van der Waals surface area contributed by atoms with E-state index in [2.05, 4.69) is 101 Å². The molecule has 0 amide bonds. The van der Waals surface area contributed by atoms with Gasteiger partial charge in [0.25, 0.3) is 5.69 Å². The summed E-state index contributed by atoms with van der Waals surface area (Å²) in [5.74, 6) is 0. The number of benzene rings is 5. The minimum absolute atomic E-state index is 0.00746. The molecule has 0 atom stereocenters. The molecule has 0 aliphatic heterocycles. The van der Waals surface area contributed by atoms with Crippen molar-refractivity contribution < 1.29 is 9.50 Å². The number of anilines is 4. The number of nitro benzene ring substituents is 1. The minimum atomic E-state index is -0.359. The van der Waals surface area contributed by atoms with Crippen LogP contribution in [0.5, 0.6) is 0 Å². The number of nitrogens with zero attached hydrogens (tertiary/aromatic N) is 5. The van der Waals surface area contributed by atoms with Gasteiger partial charge >= 0.3 is 0 Å². The molecule has 0 saturated carbocycles. The van der Waals surface area contributed by atoms with Crippen LogP contribution in [-0.2, 0) is 0 Å². The zero-order chi connectivity index (χ0) is 37.6. The van der Waals surface area contributed by atoms with E-state index >= 15 is 0 Å². The Morgan fingerprint density at radius 1 is 0.759 bits per heavy atom. The highest BCUT2D eigenvalue weighted by atomic mass is 32.1. The van der Waals surface area contributed by atoms with Gasteiger partial charge in [-0.15, -0.1) is 11.3 Å². The molecule has 0 spiro atoms. The molecule has 0 radical (unpaired) electrons. The summed E-state index contributed by atoms with van der Waals surface area (Å²) in [6.07, 6.45) is 8.52. The van der Waals surface area contributed by atoms with Gasteiger partial charge in [-0.2, -0.15) is 4.58 Å². The van der Waals surface area contributed by atoms with Gasteiger partial charge in [-0.25, -0.2) is 4.85 Å². The van der Waals surface area contributed by atoms with Gasteiger partial charge in [0.2, 0.25) is 17.1 Å². The maximum atomic E-state index is 12.2. The van der Waals surface area contributed by atoms with E-state index in [0.717, 1.165) is 55.5 Å². The zero-order valence-corrected chi connectivity index (χ0v) is 31.1. The molecule has 7 rings (SSSR count). The van der Waals surface area contributed by atoms with Gasteiger partial charge in [0.15, 0.2) is 0 Å². The summed E-state index contributed by atoms with van der Waals surface area (Å²) >= 11 is 1.50. The molecule has 6 aromatic rings. The fourth-order valence-electron chi connectivity index (χ4n) is 6.75. The molecule has 0 bridgehead atoms. The topological polar surface area (TPSA) is 57.0 Å². The van der Waals surface area contributed by atoms with Crippen molar-refractivity contribution in [2.24, 2.45) is 0 Å². The molecule has 0 saturated heterocycles. The molecule has 1 heterocycles. The molecule has 54 heavy (non-hydrogen) atoms. The van der Waals surface area contributed by atoms with E-state index in [-0.39, 0.29) is 10.6 Å². The minimum Gasteiger partial charge on any atom is -0.345 e. The average Bonchev–Trinajstić information content (AvgIpc) is 3.60. The summed E-state index contributed by atoms with van der Waals surface area (Å²) < 4.78 is 2.15. The first kappa shape index (κ1) is 35.6. The number of allylic oxidation sites excluding steroid dienone is 5. The van der Waals surface area contributed by atoms with Crippen LogP contribution >= 0.6 is 11.3 Å². The highest BCUT2D eigenvalue weighted by Crippen LogP contribution is 2.54. The van der Waals surface area contributed by atoms with E-state index in [0.29, 0.717) is 22.9 Å². The van der Waals surface area contributed by atoms with E-state index in [4.69, 9.17) is 6.57 Å². The average molecular weight is 725 g/mol. The largest absolute Gasteiger partial charge is 0.345 e. The number of hydrogen-bond donors (Lipinski definition) is 0. The second kappa shape index (κ2) is 15.8. The standard InChI is InChI=1S/C46H38N5O2S/c1-5-50(40-23-15-16-24-41(40)51(52)53)46-44(47-2)43(33-17-9-6-10-18-33)45(54-46)42(34-25-29-38(30-26-34)48(3)36-19-11-7-12-20-36)35-27-31-39(32-28-35)49(4)37-21-13-8-14-22-37/h6-32H,5H2,1,3-4H3/q+1. The van der Waals surface area contributed by atoms with Crippen molar-refractivity contribution in [1.29, 1.82) is 0 Å². The van der Waals surface area contributed by atoms with Crippen LogP contribution in [0.4, 0.5) is 39.1 Å². The Labute approximate surface area is 320 Å². The molecule has 8 heteroatoms. The van der Waals surface area contributed by atoms with Gasteiger partial charge in [0.05, 0.1) is 11.5 Å². The molecule has 0 N–H and O–H groups in total. The first-order chi connectivity index (χ1) is 26.4. The van der Waals surface area contributed by atoms with Crippen molar-refractivity contribution in [3.63, 3.8) is 0 Å². The van der Waals surface area contributed by atoms with Crippen LogP contribution < -0.4 is 9.80 Å². The van der Waals surface area contributed by atoms with Crippen molar-refractivity contribution in [3.8, 4) is 11.1 Å². The summed E-state index contributed by atoms with van der Waals surface area (Å²) in [4.78, 5) is 21.0. The van der Waals surface area contributed by atoms with Crippen molar-refractivity contribution >= 4 is 61.7 Å². The Morgan fingerprint density at radius 2 is 1.33 bits per heavy atom. The van der Waals surface area contributed by atoms with Crippen molar-refractivity contribution in [2.75, 3.05) is 30.4 Å². The number of nitro groups is 1. The third-order valence-corrected chi connectivity index (χ3v) is 10.8. The summed E-state index contributed by atoms with van der Waals surface area (Å²) in [6.45, 7) is 11.0. The van der Waals surface area contributed by atoms with Gasteiger partial charge in [-0.05, 0) is 66.1 Å². The second-order valence-electron chi connectivity index (χ2n) is 12.7. The number of rotatable bonds is 10. The summed E-state index contributed by atoms with van der Waals surface area (Å²) in [6, 6.07) is 45.7. The molecular formula is C46H38N5O2S+. The monoisotopic (exact) mass is 724 g/mol. The lowest BCUT2D eigenvalue weighted by atomic mass is 9.91. The van der Waals surface area contributed by atoms with Gasteiger partial charge in [0, 0.05) is 71.3 Å². The van der Waals surface area contributed by atoms with Crippen LogP contribution in [-0.4, -0.2) is 35.9 Å². The van der Waals surface area contributed by atoms with Gasteiger partial charge < -0.3 is 9.80 Å². The zero-order valence-electron chi connectivity index (χ0n) is 30.3. The quantitative estimate of drug-likeness (QED) is 0.0611. The molecule has 264 valence electrons. The predicted molar refractivity (Wildman–Crippen MR) is 224 cm³/mol. The van der Waals surface area contributed by atoms with Crippen LogP contribution in [0.2, 0.25) is 0 Å². The Balaban J connectivity index is 1.47. The van der Waals surface area contributed by atoms with E-state index in [1.807, 2.05) is 78.6 Å². The number of hydrogen-bond acceptors (Lipinski definition) is 5. The lowest BCUT2D eigenvalue weighted by Gasteiger charge is -2.22. The first-order valence-corrected chi connectivity index (χ1v) is 18.5. The fourth-order valence-corrected chi connectivity index (χ4v) is 8.18. The fraction of sp³-hybridized carbons (Fsp3) is 0.0870. The van der Waals surface area contributed by atoms with Crippen LogP contribution in [0.3, 0.4) is 0 Å². The second-order valence-corrected chi connectivity index (χ2v) is 13.7. The number of para-hydroxylation sites is 4. The van der Waals surface area contributed by atoms with Gasteiger partial charge in [-0.1, -0.05) is 91.0 Å². The lowest BCUT2D eigenvalue weighted by molar-refractivity contribution is -0.403. The summed E-state index contributed by atoms with van der Waals surface area (Å²) in [7, 11) is 4.11. The lowest BCUT2D eigenvalue weighted by Crippen LogP contribution is -2.16. The number of thiophene rings is 1. The van der Waals surface area contributed by atoms with Gasteiger partial charge in [0.1, 0.15) is 17.7 Å². The maximum Gasteiger partial charge on any atom is 0.292 e. The molecule has 0 unspecified atom stereocenters. The van der Waals surface area contributed by atoms with Crippen LogP contribution in [0, 0.1) is 16.7 Å². The van der Waals surface area contributed by atoms with Crippen LogP contribution in [0.15, 0.2) is 169 Å². The van der Waals surface area contributed by atoms with E-state index in [1.54, 1.807) is 18.2 Å². The Morgan fingerprint density at radius 3 is 1.94 bits per heavy atom. The van der Waals surface area contributed by atoms with E-state index in [1.165, 1.54) is 17.4 Å². The summed E-state index contributed by atoms with van der Waals surface area (Å²) in [5.41, 5.74) is 9.78.